The Morgan fingerprint density at radius 3 is 2.60 bits per heavy atom. The molecular formula is C33H38N6O6. The number of imidazole rings is 1. The van der Waals surface area contributed by atoms with Crippen LogP contribution in [0.4, 0.5) is 5.82 Å². The summed E-state index contributed by atoms with van der Waals surface area (Å²) in [5, 5.41) is 0. The van der Waals surface area contributed by atoms with Gasteiger partial charge >= 0.3 is 23.6 Å². The molecule has 0 amide bonds. The first-order valence-electron chi connectivity index (χ1n) is 14.6. The van der Waals surface area contributed by atoms with E-state index in [-0.39, 0.29) is 30.8 Å². The van der Waals surface area contributed by atoms with Gasteiger partial charge in [-0.25, -0.2) is 9.59 Å². The Morgan fingerprint density at radius 1 is 1.11 bits per heavy atom. The third kappa shape index (κ3) is 8.07. The molecule has 0 radical (unpaired) electrons. The van der Waals surface area contributed by atoms with Gasteiger partial charge in [-0.05, 0) is 41.8 Å². The van der Waals surface area contributed by atoms with Crippen LogP contribution in [0.25, 0.3) is 11.2 Å². The van der Waals surface area contributed by atoms with E-state index in [4.69, 9.17) is 26.4 Å². The number of ether oxygens (including phenoxy) is 3. The van der Waals surface area contributed by atoms with Crippen LogP contribution < -0.4 is 16.2 Å². The van der Waals surface area contributed by atoms with Gasteiger partial charge < -0.3 is 29.8 Å². The molecule has 2 aromatic heterocycles. The van der Waals surface area contributed by atoms with Gasteiger partial charge in [0.25, 0.3) is 0 Å². The molecule has 1 atom stereocenters. The molecule has 0 aliphatic carbocycles. The van der Waals surface area contributed by atoms with Gasteiger partial charge in [-0.1, -0.05) is 55.7 Å². The first kappa shape index (κ1) is 32.8. The molecule has 0 saturated heterocycles. The fourth-order valence-electron chi connectivity index (χ4n) is 5.03. The van der Waals surface area contributed by atoms with Gasteiger partial charge in [0.1, 0.15) is 5.52 Å². The highest BCUT2D eigenvalue weighted by atomic mass is 16.5. The molecule has 45 heavy (non-hydrogen) atoms. The Balaban J connectivity index is 1.58. The quantitative estimate of drug-likeness (QED) is 0.123. The van der Waals surface area contributed by atoms with Crippen molar-refractivity contribution in [2.45, 2.75) is 45.2 Å². The standard InChI is InChI=1S/C33H38N6O6/c1-6-8-14-45-32-36-29(34)28-30(37-32)39(33(42)35-28)19-23-12-13-25(26(16-23)31(41)44-5)24(7-2)20-38(3)18-22-11-9-10-21(15-22)17-27(40)43-4/h2,9-13,15-16,24H,6,8,14,17-20H2,1,3-5H3,(H,35,42)(H2,34,36,37). The van der Waals surface area contributed by atoms with Crippen LogP contribution in [-0.4, -0.2) is 70.8 Å². The number of esters is 2. The zero-order valence-electron chi connectivity index (χ0n) is 26.0. The Labute approximate surface area is 261 Å². The first-order valence-corrected chi connectivity index (χ1v) is 14.6. The predicted molar refractivity (Wildman–Crippen MR) is 170 cm³/mol. The van der Waals surface area contributed by atoms with Gasteiger partial charge in [0.15, 0.2) is 11.5 Å². The van der Waals surface area contributed by atoms with Gasteiger partial charge in [0, 0.05) is 13.1 Å². The minimum absolute atomic E-state index is 0.0861. The highest BCUT2D eigenvalue weighted by molar-refractivity contribution is 5.91. The Bertz CT molecular complexity index is 1770. The van der Waals surface area contributed by atoms with Gasteiger partial charge in [-0.3, -0.25) is 9.36 Å². The predicted octanol–water partition coefficient (Wildman–Crippen LogP) is 3.28. The average molecular weight is 615 g/mol. The molecule has 12 heteroatoms. The maximum absolute atomic E-state index is 13.0. The molecule has 3 N–H and O–H groups in total. The number of terminal acetylenes is 1. The molecule has 2 heterocycles. The summed E-state index contributed by atoms with van der Waals surface area (Å²) in [6, 6.07) is 13.1. The van der Waals surface area contributed by atoms with Crippen LogP contribution in [0.3, 0.4) is 0 Å². The number of hydrogen-bond donors (Lipinski definition) is 2. The lowest BCUT2D eigenvalue weighted by Crippen LogP contribution is -2.25. The number of nitrogens with two attached hydrogens (primary N) is 1. The monoisotopic (exact) mass is 614 g/mol. The van der Waals surface area contributed by atoms with Crippen LogP contribution in [0.1, 0.15) is 58.3 Å². The maximum Gasteiger partial charge on any atom is 0.338 e. The van der Waals surface area contributed by atoms with Crippen molar-refractivity contribution in [3.05, 3.63) is 80.8 Å². The van der Waals surface area contributed by atoms with Crippen molar-refractivity contribution >= 4 is 28.9 Å². The second-order valence-corrected chi connectivity index (χ2v) is 10.7. The van der Waals surface area contributed by atoms with Gasteiger partial charge in [0.2, 0.25) is 0 Å². The number of fused-ring (bicyclic) bond motifs is 1. The molecule has 4 rings (SSSR count). The largest absolute Gasteiger partial charge is 0.469 e. The normalized spacial score (nSPS) is 11.7. The lowest BCUT2D eigenvalue weighted by molar-refractivity contribution is -0.139. The fourth-order valence-corrected chi connectivity index (χ4v) is 5.03. The van der Waals surface area contributed by atoms with Gasteiger partial charge in [-0.2, -0.15) is 9.97 Å². The fraction of sp³-hybridized carbons (Fsp3) is 0.364. The average Bonchev–Trinajstić information content (AvgIpc) is 3.34. The van der Waals surface area contributed by atoms with Crippen LogP contribution in [-0.2, 0) is 33.8 Å². The topological polar surface area (TPSA) is 155 Å². The van der Waals surface area contributed by atoms with E-state index >= 15 is 0 Å². The number of carbonyl (C=O) groups is 2. The van der Waals surface area contributed by atoms with Crippen LogP contribution in [0.2, 0.25) is 0 Å². The summed E-state index contributed by atoms with van der Waals surface area (Å²) >= 11 is 0. The molecule has 0 aliphatic rings. The number of carbonyl (C=O) groups excluding carboxylic acids is 2. The van der Waals surface area contributed by atoms with Crippen molar-refractivity contribution in [3.63, 3.8) is 0 Å². The molecule has 0 saturated carbocycles. The van der Waals surface area contributed by atoms with E-state index in [0.717, 1.165) is 24.0 Å². The second-order valence-electron chi connectivity index (χ2n) is 10.7. The highest BCUT2D eigenvalue weighted by Gasteiger charge is 2.22. The smallest absolute Gasteiger partial charge is 0.338 e. The molecule has 0 aliphatic heterocycles. The second kappa shape index (κ2) is 15.0. The number of nitrogens with one attached hydrogen (secondary N) is 1. The van der Waals surface area contributed by atoms with Crippen LogP contribution in [0, 0.1) is 12.3 Å². The summed E-state index contributed by atoms with van der Waals surface area (Å²) < 4.78 is 16.9. The van der Waals surface area contributed by atoms with E-state index in [0.29, 0.717) is 47.6 Å². The molecule has 4 aromatic rings. The van der Waals surface area contributed by atoms with E-state index in [9.17, 15) is 14.4 Å². The number of nitrogens with zero attached hydrogens (tertiary/aromatic N) is 4. The van der Waals surface area contributed by atoms with Crippen molar-refractivity contribution < 1.29 is 23.8 Å². The Morgan fingerprint density at radius 2 is 1.89 bits per heavy atom. The molecule has 0 spiro atoms. The minimum atomic E-state index is -0.547. The molecule has 0 bridgehead atoms. The zero-order chi connectivity index (χ0) is 32.5. The number of aromatic amines is 1. The lowest BCUT2D eigenvalue weighted by atomic mass is 9.92. The number of aromatic nitrogens is 4. The summed E-state index contributed by atoms with van der Waals surface area (Å²) in [7, 11) is 4.60. The van der Waals surface area contributed by atoms with Crippen molar-refractivity contribution in [2.75, 3.05) is 40.2 Å². The third-order valence-electron chi connectivity index (χ3n) is 7.31. The van der Waals surface area contributed by atoms with Crippen LogP contribution in [0.15, 0.2) is 47.3 Å². The SMILES string of the molecule is C#CC(CN(C)Cc1cccc(CC(=O)OC)c1)c1ccc(Cn2c(=O)[nH]c3c(N)nc(OCCCC)nc32)cc1C(=O)OC. The molecule has 12 nitrogen and oxygen atoms in total. The van der Waals surface area contributed by atoms with E-state index in [1.54, 1.807) is 12.1 Å². The molecule has 2 aromatic carbocycles. The van der Waals surface area contributed by atoms with E-state index < -0.39 is 17.6 Å². The van der Waals surface area contributed by atoms with E-state index in [1.807, 2.05) is 49.2 Å². The molecule has 0 fully saturated rings. The molecule has 236 valence electrons. The lowest BCUT2D eigenvalue weighted by Gasteiger charge is -2.23. The van der Waals surface area contributed by atoms with Crippen LogP contribution >= 0.6 is 0 Å². The first-order chi connectivity index (χ1) is 21.7. The van der Waals surface area contributed by atoms with Crippen LogP contribution in [0.5, 0.6) is 6.01 Å². The van der Waals surface area contributed by atoms with Crippen molar-refractivity contribution in [1.29, 1.82) is 0 Å². The number of likely N-dealkylation sites (N-methyl/N-ethyl adjacent to an activating group) is 1. The number of anilines is 1. The third-order valence-corrected chi connectivity index (χ3v) is 7.31. The number of benzene rings is 2. The number of rotatable bonds is 14. The maximum atomic E-state index is 13.0. The highest BCUT2D eigenvalue weighted by Crippen LogP contribution is 2.25. The number of nitrogen functional groups attached to an aromatic ring is 1. The summed E-state index contributed by atoms with van der Waals surface area (Å²) in [4.78, 5) is 50.9. The minimum Gasteiger partial charge on any atom is -0.469 e. The zero-order valence-corrected chi connectivity index (χ0v) is 26.0. The Kier molecular flexibility index (Phi) is 10.9. The number of unbranched alkanes of at least 4 members (excludes halogenated alkanes) is 1. The van der Waals surface area contributed by atoms with Crippen molar-refractivity contribution in [3.8, 4) is 18.4 Å². The molecular weight excluding hydrogens is 576 g/mol. The van der Waals surface area contributed by atoms with Crippen molar-refractivity contribution in [1.82, 2.24) is 24.4 Å². The summed E-state index contributed by atoms with van der Waals surface area (Å²) in [5.41, 5.74) is 9.70. The Hall–Kier alpha value is -5.15. The van der Waals surface area contributed by atoms with Gasteiger partial charge in [0.05, 0.1) is 45.3 Å². The van der Waals surface area contributed by atoms with E-state index in [2.05, 4.69) is 20.9 Å². The number of hydrogen-bond acceptors (Lipinski definition) is 10. The number of methoxy groups -OCH3 is 2. The summed E-state index contributed by atoms with van der Waals surface area (Å²) in [6.45, 7) is 3.57. The number of H-pyrrole nitrogens is 1. The van der Waals surface area contributed by atoms with Gasteiger partial charge in [-0.15, -0.1) is 6.42 Å². The van der Waals surface area contributed by atoms with E-state index in [1.165, 1.54) is 18.8 Å². The molecule has 1 unspecified atom stereocenters. The summed E-state index contributed by atoms with van der Waals surface area (Å²) in [6.07, 6.45) is 7.94. The van der Waals surface area contributed by atoms with Crippen molar-refractivity contribution in [2.24, 2.45) is 0 Å². The summed E-state index contributed by atoms with van der Waals surface area (Å²) in [5.74, 6) is 1.62.